The number of likely N-dealkylation sites (N-methyl/N-ethyl adjacent to an activating group) is 1. The number of nitrogens with zero attached hydrogens (tertiary/aromatic N) is 2. The van der Waals surface area contributed by atoms with Crippen LogP contribution in [0.3, 0.4) is 0 Å². The first-order valence-corrected chi connectivity index (χ1v) is 15.6. The number of hydrogen-bond acceptors (Lipinski definition) is 6. The van der Waals surface area contributed by atoms with Crippen molar-refractivity contribution in [1.82, 2.24) is 25.2 Å². The fraction of sp³-hybridized carbons (Fsp3) is 0.667. The molecule has 12 heteroatoms. The third kappa shape index (κ3) is 6.60. The number of benzene rings is 1. The summed E-state index contributed by atoms with van der Waals surface area (Å²) in [6.07, 6.45) is 6.24. The molecule has 0 bridgehead atoms. The summed E-state index contributed by atoms with van der Waals surface area (Å²) in [5, 5.41) is 8.74. The molecular weight excluding hydrogens is 525 g/mol. The molecule has 3 amide bonds. The third-order valence-corrected chi connectivity index (χ3v) is 9.79. The van der Waals surface area contributed by atoms with E-state index in [9.17, 15) is 27.2 Å². The molecule has 1 saturated carbocycles. The maximum Gasteiger partial charge on any atom is 0.245 e. The molecular formula is C27H40FN5O5S. The lowest BCUT2D eigenvalue weighted by Crippen LogP contribution is -2.58. The zero-order valence-electron chi connectivity index (χ0n) is 22.9. The van der Waals surface area contributed by atoms with Gasteiger partial charge in [-0.1, -0.05) is 31.4 Å². The quantitative estimate of drug-likeness (QED) is 0.410. The SMILES string of the molecule is CNC(C)C(=O)NC(C(=O)N1CCC2C1C(C(=O)NCc1ccc(F)cc1)CN2S(C)(=O)=O)C1CCCCC1. The Kier molecular flexibility index (Phi) is 9.28. The van der Waals surface area contributed by atoms with Gasteiger partial charge in [-0.25, -0.2) is 12.8 Å². The minimum atomic E-state index is -3.62. The lowest BCUT2D eigenvalue weighted by molar-refractivity contribution is -0.141. The minimum Gasteiger partial charge on any atom is -0.352 e. The first-order chi connectivity index (χ1) is 18.5. The van der Waals surface area contributed by atoms with Crippen LogP contribution in [0.25, 0.3) is 0 Å². The predicted molar refractivity (Wildman–Crippen MR) is 144 cm³/mol. The van der Waals surface area contributed by atoms with Crippen molar-refractivity contribution in [2.75, 3.05) is 26.4 Å². The Labute approximate surface area is 230 Å². The zero-order valence-corrected chi connectivity index (χ0v) is 23.7. The molecule has 0 aromatic heterocycles. The molecule has 39 heavy (non-hydrogen) atoms. The Bertz CT molecular complexity index is 1160. The van der Waals surface area contributed by atoms with Crippen molar-refractivity contribution in [2.45, 2.75) is 76.2 Å². The molecule has 0 spiro atoms. The van der Waals surface area contributed by atoms with Crippen molar-refractivity contribution in [3.8, 4) is 0 Å². The van der Waals surface area contributed by atoms with Crippen molar-refractivity contribution >= 4 is 27.7 Å². The Balaban J connectivity index is 1.58. The lowest BCUT2D eigenvalue weighted by atomic mass is 9.83. The zero-order chi connectivity index (χ0) is 28.3. The van der Waals surface area contributed by atoms with Gasteiger partial charge in [-0.15, -0.1) is 0 Å². The Morgan fingerprint density at radius 2 is 1.74 bits per heavy atom. The van der Waals surface area contributed by atoms with Gasteiger partial charge in [-0.3, -0.25) is 14.4 Å². The molecule has 5 unspecified atom stereocenters. The molecule has 3 N–H and O–H groups in total. The van der Waals surface area contributed by atoms with Crippen LogP contribution in [0.2, 0.25) is 0 Å². The third-order valence-electron chi connectivity index (χ3n) is 8.52. The van der Waals surface area contributed by atoms with Crippen LogP contribution in [0.1, 0.15) is 51.0 Å². The molecule has 10 nitrogen and oxygen atoms in total. The van der Waals surface area contributed by atoms with Crippen LogP contribution in [0.4, 0.5) is 4.39 Å². The normalized spacial score (nSPS) is 25.6. The second-order valence-corrected chi connectivity index (χ2v) is 13.0. The lowest BCUT2D eigenvalue weighted by Gasteiger charge is -2.36. The van der Waals surface area contributed by atoms with Gasteiger partial charge in [0.25, 0.3) is 0 Å². The van der Waals surface area contributed by atoms with Crippen LogP contribution >= 0.6 is 0 Å². The second-order valence-electron chi connectivity index (χ2n) is 11.1. The number of sulfonamides is 1. The van der Waals surface area contributed by atoms with E-state index in [0.717, 1.165) is 38.4 Å². The second kappa shape index (κ2) is 12.3. The number of hydrogen-bond donors (Lipinski definition) is 3. The number of amides is 3. The highest BCUT2D eigenvalue weighted by atomic mass is 32.2. The molecule has 0 radical (unpaired) electrons. The number of nitrogens with one attached hydrogen (secondary N) is 3. The summed E-state index contributed by atoms with van der Waals surface area (Å²) in [6, 6.07) is 3.41. The largest absolute Gasteiger partial charge is 0.352 e. The van der Waals surface area contributed by atoms with Gasteiger partial charge in [-0.05, 0) is 56.8 Å². The smallest absolute Gasteiger partial charge is 0.245 e. The summed E-state index contributed by atoms with van der Waals surface area (Å²) >= 11 is 0. The monoisotopic (exact) mass is 565 g/mol. The van der Waals surface area contributed by atoms with Crippen molar-refractivity contribution in [3.05, 3.63) is 35.6 Å². The number of rotatable bonds is 9. The number of fused-ring (bicyclic) bond motifs is 1. The Morgan fingerprint density at radius 1 is 1.08 bits per heavy atom. The van der Waals surface area contributed by atoms with Gasteiger partial charge >= 0.3 is 0 Å². The minimum absolute atomic E-state index is 0.0172. The average Bonchev–Trinajstić information content (AvgIpc) is 3.51. The van der Waals surface area contributed by atoms with E-state index in [1.165, 1.54) is 16.4 Å². The average molecular weight is 566 g/mol. The van der Waals surface area contributed by atoms with E-state index in [0.29, 0.717) is 18.5 Å². The molecule has 1 aromatic rings. The molecule has 5 atom stereocenters. The van der Waals surface area contributed by atoms with Crippen molar-refractivity contribution in [2.24, 2.45) is 11.8 Å². The molecule has 2 heterocycles. The highest BCUT2D eigenvalue weighted by molar-refractivity contribution is 7.88. The fourth-order valence-corrected chi connectivity index (χ4v) is 7.42. The van der Waals surface area contributed by atoms with Gasteiger partial charge in [0.05, 0.1) is 24.3 Å². The van der Waals surface area contributed by atoms with Gasteiger partial charge in [0.15, 0.2) is 0 Å². The van der Waals surface area contributed by atoms with Crippen molar-refractivity contribution < 1.29 is 27.2 Å². The number of likely N-dealkylation sites (tertiary alicyclic amines) is 1. The van der Waals surface area contributed by atoms with Crippen LogP contribution < -0.4 is 16.0 Å². The first-order valence-electron chi connectivity index (χ1n) is 13.8. The van der Waals surface area contributed by atoms with Crippen LogP contribution in [-0.4, -0.2) is 85.9 Å². The van der Waals surface area contributed by atoms with Gasteiger partial charge in [0.2, 0.25) is 27.7 Å². The number of carbonyl (C=O) groups excluding carboxylic acids is 3. The van der Waals surface area contributed by atoms with Crippen molar-refractivity contribution in [3.63, 3.8) is 0 Å². The van der Waals surface area contributed by atoms with Crippen LogP contribution in [0.5, 0.6) is 0 Å². The number of carbonyl (C=O) groups is 3. The Morgan fingerprint density at radius 3 is 2.36 bits per heavy atom. The highest BCUT2D eigenvalue weighted by Crippen LogP contribution is 2.38. The van der Waals surface area contributed by atoms with E-state index >= 15 is 0 Å². The van der Waals surface area contributed by atoms with Gasteiger partial charge in [0, 0.05) is 25.7 Å². The molecule has 3 aliphatic rings. The highest BCUT2D eigenvalue weighted by Gasteiger charge is 2.56. The van der Waals surface area contributed by atoms with Gasteiger partial charge in [-0.2, -0.15) is 4.31 Å². The van der Waals surface area contributed by atoms with E-state index in [2.05, 4.69) is 16.0 Å². The topological polar surface area (TPSA) is 128 Å². The molecule has 3 fully saturated rings. The summed E-state index contributed by atoms with van der Waals surface area (Å²) in [4.78, 5) is 42.0. The summed E-state index contributed by atoms with van der Waals surface area (Å²) in [5.74, 6) is -2.04. The summed E-state index contributed by atoms with van der Waals surface area (Å²) < 4.78 is 39.9. The van der Waals surface area contributed by atoms with Crippen LogP contribution in [0, 0.1) is 17.7 Å². The predicted octanol–water partition coefficient (Wildman–Crippen LogP) is 0.976. The summed E-state index contributed by atoms with van der Waals surface area (Å²) in [7, 11) is -1.94. The summed E-state index contributed by atoms with van der Waals surface area (Å²) in [5.41, 5.74) is 0.706. The van der Waals surface area contributed by atoms with Gasteiger partial charge in [0.1, 0.15) is 11.9 Å². The molecule has 1 aliphatic carbocycles. The first kappa shape index (κ1) is 29.4. The van der Waals surface area contributed by atoms with Gasteiger partial charge < -0.3 is 20.9 Å². The summed E-state index contributed by atoms with van der Waals surface area (Å²) in [6.45, 7) is 2.17. The van der Waals surface area contributed by atoms with Crippen molar-refractivity contribution in [1.29, 1.82) is 0 Å². The molecule has 2 aliphatic heterocycles. The van der Waals surface area contributed by atoms with E-state index < -0.39 is 40.1 Å². The molecule has 216 valence electrons. The molecule has 2 saturated heterocycles. The van der Waals surface area contributed by atoms with E-state index in [1.54, 1.807) is 31.0 Å². The maximum atomic E-state index is 14.1. The van der Waals surface area contributed by atoms with E-state index in [4.69, 9.17) is 0 Å². The standard InChI is InChI=1S/C27H40FN5O5S/c1-17(29-2)25(34)31-23(19-7-5-4-6-8-19)27(36)32-14-13-22-24(32)21(16-33(22)39(3,37)38)26(35)30-15-18-9-11-20(28)12-10-18/h9-12,17,19,21-24,29H,4-8,13-16H2,1-3H3,(H,30,35)(H,31,34). The number of halogens is 1. The molecule has 1 aromatic carbocycles. The maximum absolute atomic E-state index is 14.1. The molecule has 4 rings (SSSR count). The van der Waals surface area contributed by atoms with Crippen LogP contribution in [0.15, 0.2) is 24.3 Å². The Hall–Kier alpha value is -2.57. The fourth-order valence-electron chi connectivity index (χ4n) is 6.27. The van der Waals surface area contributed by atoms with E-state index in [-0.39, 0.29) is 42.5 Å². The van der Waals surface area contributed by atoms with E-state index in [1.807, 2.05) is 0 Å². The van der Waals surface area contributed by atoms with Crippen LogP contribution in [-0.2, 0) is 31.0 Å².